The minimum atomic E-state index is -0.726. The average molecular weight is 941 g/mol. The number of para-hydroxylation sites is 3. The first-order valence-electron chi connectivity index (χ1n) is 25.8. The lowest BCUT2D eigenvalue weighted by atomic mass is 9.67. The summed E-state index contributed by atoms with van der Waals surface area (Å²) >= 11 is 0. The number of rotatable bonds is 8. The van der Waals surface area contributed by atoms with E-state index in [9.17, 15) is 0 Å². The first kappa shape index (κ1) is 42.2. The lowest BCUT2D eigenvalue weighted by molar-refractivity contribution is 0.766. The second-order valence-electron chi connectivity index (χ2n) is 19.8. The number of hydrogen-bond donors (Lipinski definition) is 0. The molecule has 1 spiro atoms. The van der Waals surface area contributed by atoms with Gasteiger partial charge in [-0.1, -0.05) is 237 Å². The average Bonchev–Trinajstić information content (AvgIpc) is 4.08. The zero-order valence-corrected chi connectivity index (χ0v) is 40.6. The van der Waals surface area contributed by atoms with Crippen molar-refractivity contribution in [3.05, 3.63) is 336 Å². The fourth-order valence-corrected chi connectivity index (χ4v) is 13.6. The molecule has 2 nitrogen and oxygen atoms in total. The Balaban J connectivity index is 1.11. The van der Waals surface area contributed by atoms with Crippen LogP contribution >= 0.6 is 0 Å². The molecule has 0 fully saturated rings. The van der Waals surface area contributed by atoms with Crippen LogP contribution in [0.2, 0.25) is 0 Å². The molecular formula is C72H48N2. The van der Waals surface area contributed by atoms with Crippen LogP contribution in [0.3, 0.4) is 0 Å². The van der Waals surface area contributed by atoms with Crippen LogP contribution in [0.4, 0.5) is 34.1 Å². The van der Waals surface area contributed by atoms with Crippen LogP contribution in [0.25, 0.3) is 44.2 Å². The maximum Gasteiger partial charge on any atom is 0.0747 e. The summed E-state index contributed by atoms with van der Waals surface area (Å²) in [5.41, 5.74) is 23.0. The van der Waals surface area contributed by atoms with E-state index in [-0.39, 0.29) is 0 Å². The van der Waals surface area contributed by atoms with Crippen molar-refractivity contribution in [2.45, 2.75) is 10.8 Å². The molecule has 0 bridgehead atoms. The highest BCUT2D eigenvalue weighted by Crippen LogP contribution is 2.69. The smallest absolute Gasteiger partial charge is 0.0747 e. The van der Waals surface area contributed by atoms with Crippen LogP contribution in [-0.2, 0) is 10.8 Å². The van der Waals surface area contributed by atoms with Crippen molar-refractivity contribution >= 4 is 44.9 Å². The van der Waals surface area contributed by atoms with Crippen molar-refractivity contribution in [1.82, 2.24) is 0 Å². The largest absolute Gasteiger partial charge is 0.310 e. The first-order chi connectivity index (χ1) is 36.8. The fourth-order valence-electron chi connectivity index (χ4n) is 13.6. The van der Waals surface area contributed by atoms with Gasteiger partial charge >= 0.3 is 0 Å². The third-order valence-electron chi connectivity index (χ3n) is 16.3. The molecule has 12 aromatic rings. The van der Waals surface area contributed by atoms with Gasteiger partial charge in [-0.15, -0.1) is 0 Å². The molecule has 3 aliphatic carbocycles. The van der Waals surface area contributed by atoms with Gasteiger partial charge in [0.25, 0.3) is 0 Å². The highest BCUT2D eigenvalue weighted by atomic mass is 15.2. The molecule has 12 aromatic carbocycles. The molecule has 1 atom stereocenters. The van der Waals surface area contributed by atoms with Gasteiger partial charge in [-0.2, -0.15) is 0 Å². The molecule has 0 saturated heterocycles. The summed E-state index contributed by atoms with van der Waals surface area (Å²) in [6, 6.07) is 109. The number of nitrogens with zero attached hydrogens (tertiary/aromatic N) is 2. The highest BCUT2D eigenvalue weighted by Gasteiger charge is 2.55. The summed E-state index contributed by atoms with van der Waals surface area (Å²) in [6.45, 7) is 0. The third-order valence-corrected chi connectivity index (χ3v) is 16.3. The van der Waals surface area contributed by atoms with E-state index in [0.29, 0.717) is 0 Å². The maximum atomic E-state index is 2.63. The fraction of sp³-hybridized carbons (Fsp3) is 0.0278. The summed E-state index contributed by atoms with van der Waals surface area (Å²) < 4.78 is 0. The lowest BCUT2D eigenvalue weighted by Gasteiger charge is -2.40. The minimum Gasteiger partial charge on any atom is -0.310 e. The zero-order valence-electron chi connectivity index (χ0n) is 40.6. The van der Waals surface area contributed by atoms with Crippen LogP contribution in [-0.4, -0.2) is 0 Å². The first-order valence-corrected chi connectivity index (χ1v) is 25.8. The molecule has 0 aromatic heterocycles. The summed E-state index contributed by atoms with van der Waals surface area (Å²) in [4.78, 5) is 5.08. The number of fused-ring (bicyclic) bond motifs is 15. The lowest BCUT2D eigenvalue weighted by Crippen LogP contribution is -2.31. The van der Waals surface area contributed by atoms with Crippen LogP contribution < -0.4 is 9.80 Å². The summed E-state index contributed by atoms with van der Waals surface area (Å²) in [5.74, 6) is 0. The van der Waals surface area contributed by atoms with Gasteiger partial charge in [-0.25, -0.2) is 0 Å². The molecule has 74 heavy (non-hydrogen) atoms. The number of hydrogen-bond acceptors (Lipinski definition) is 2. The molecule has 0 amide bonds. The Bertz CT molecular complexity index is 4050. The van der Waals surface area contributed by atoms with Gasteiger partial charge < -0.3 is 9.80 Å². The van der Waals surface area contributed by atoms with Gasteiger partial charge in [0.05, 0.1) is 27.9 Å². The Hall–Kier alpha value is -9.50. The SMILES string of the molecule is c1ccc(N(c2ccccc2)c2cccc3c2-c2ccccc2C32c3ccccc3-c3c2c(N(c2ccccc2)c2cccc4c2C(c2ccccc2)(c2ccccc2)c2ccccc2-4)cc2ccccc32)cc1. The van der Waals surface area contributed by atoms with E-state index in [0.717, 1.165) is 34.1 Å². The van der Waals surface area contributed by atoms with Gasteiger partial charge in [0, 0.05) is 33.8 Å². The summed E-state index contributed by atoms with van der Waals surface area (Å²) in [6.07, 6.45) is 0. The Morgan fingerprint density at radius 2 is 0.662 bits per heavy atom. The summed E-state index contributed by atoms with van der Waals surface area (Å²) in [5, 5.41) is 2.44. The zero-order chi connectivity index (χ0) is 48.8. The van der Waals surface area contributed by atoms with Gasteiger partial charge in [0.2, 0.25) is 0 Å². The second kappa shape index (κ2) is 16.5. The topological polar surface area (TPSA) is 6.48 Å². The molecular weight excluding hydrogens is 893 g/mol. The predicted molar refractivity (Wildman–Crippen MR) is 307 cm³/mol. The van der Waals surface area contributed by atoms with Crippen LogP contribution in [0, 0.1) is 0 Å². The molecule has 0 N–H and O–H groups in total. The van der Waals surface area contributed by atoms with E-state index in [1.54, 1.807) is 0 Å². The van der Waals surface area contributed by atoms with E-state index in [1.165, 1.54) is 88.7 Å². The van der Waals surface area contributed by atoms with Crippen molar-refractivity contribution in [1.29, 1.82) is 0 Å². The van der Waals surface area contributed by atoms with Crippen molar-refractivity contribution in [2.75, 3.05) is 9.80 Å². The standard InChI is InChI=1S/C72H48N2/c1-6-27-50(28-7-1)71(51-29-8-2-9-30-51)60-42-21-18-38-56(60)57-41-24-47-65(69(57)71)74(54-35-14-5-15-36-54)66-48-49-26-16-17-37-55(49)67-58-39-19-22-43-61(58)72(70(66)67)62-44-23-20-40-59(62)68-63(72)45-25-46-64(68)73(52-31-10-3-11-32-52)53-33-12-4-13-34-53/h1-48H. The molecule has 0 saturated carbocycles. The molecule has 0 aliphatic heterocycles. The van der Waals surface area contributed by atoms with E-state index < -0.39 is 10.8 Å². The van der Waals surface area contributed by atoms with E-state index in [4.69, 9.17) is 0 Å². The van der Waals surface area contributed by atoms with Crippen LogP contribution in [0.5, 0.6) is 0 Å². The van der Waals surface area contributed by atoms with Crippen LogP contribution in [0.15, 0.2) is 291 Å². The normalized spacial score (nSPS) is 14.9. The van der Waals surface area contributed by atoms with Gasteiger partial charge in [0.1, 0.15) is 0 Å². The van der Waals surface area contributed by atoms with Gasteiger partial charge in [-0.05, 0) is 127 Å². The second-order valence-corrected chi connectivity index (χ2v) is 19.8. The molecule has 346 valence electrons. The van der Waals surface area contributed by atoms with E-state index in [2.05, 4.69) is 301 Å². The molecule has 15 rings (SSSR count). The quantitative estimate of drug-likeness (QED) is 0.150. The molecule has 3 aliphatic rings. The monoisotopic (exact) mass is 940 g/mol. The molecule has 0 radical (unpaired) electrons. The van der Waals surface area contributed by atoms with Crippen molar-refractivity contribution in [3.63, 3.8) is 0 Å². The maximum absolute atomic E-state index is 2.63. The van der Waals surface area contributed by atoms with Crippen LogP contribution in [0.1, 0.15) is 44.5 Å². The number of anilines is 6. The molecule has 1 unspecified atom stereocenters. The van der Waals surface area contributed by atoms with Crippen molar-refractivity contribution in [3.8, 4) is 33.4 Å². The third kappa shape index (κ3) is 5.76. The highest BCUT2D eigenvalue weighted by molar-refractivity contribution is 6.12. The molecule has 2 heteroatoms. The Kier molecular flexibility index (Phi) is 9.43. The Morgan fingerprint density at radius 3 is 1.26 bits per heavy atom. The van der Waals surface area contributed by atoms with Crippen molar-refractivity contribution in [2.24, 2.45) is 0 Å². The summed E-state index contributed by atoms with van der Waals surface area (Å²) in [7, 11) is 0. The molecule has 0 heterocycles. The predicted octanol–water partition coefficient (Wildman–Crippen LogP) is 18.5. The van der Waals surface area contributed by atoms with Gasteiger partial charge in [0.15, 0.2) is 0 Å². The van der Waals surface area contributed by atoms with E-state index >= 15 is 0 Å². The van der Waals surface area contributed by atoms with Crippen molar-refractivity contribution < 1.29 is 0 Å². The van der Waals surface area contributed by atoms with E-state index in [1.807, 2.05) is 0 Å². The minimum absolute atomic E-state index is 0.654. The number of benzene rings is 12. The Labute approximate surface area is 432 Å². The van der Waals surface area contributed by atoms with Gasteiger partial charge in [-0.3, -0.25) is 0 Å². The Morgan fingerprint density at radius 1 is 0.243 bits per heavy atom.